The van der Waals surface area contributed by atoms with Crippen LogP contribution in [0.4, 0.5) is 0 Å². The number of hydrogen-bond donors (Lipinski definition) is 5. The summed E-state index contributed by atoms with van der Waals surface area (Å²) in [6.07, 6.45) is -1.07. The van der Waals surface area contributed by atoms with Crippen LogP contribution in [0.1, 0.15) is 13.3 Å². The second kappa shape index (κ2) is 6.30. The molecule has 0 fully saturated rings. The fraction of sp³-hybridized carbons (Fsp3) is 0.545. The zero-order valence-electron chi connectivity index (χ0n) is 10.4. The predicted octanol–water partition coefficient (Wildman–Crippen LogP) is -2.86. The molecule has 1 aliphatic carbocycles. The van der Waals surface area contributed by atoms with Crippen LogP contribution in [-0.4, -0.2) is 52.7 Å². The highest BCUT2D eigenvalue weighted by molar-refractivity contribution is 5.96. The lowest BCUT2D eigenvalue weighted by Crippen LogP contribution is -2.50. The van der Waals surface area contributed by atoms with Crippen LogP contribution in [0.25, 0.3) is 0 Å². The van der Waals surface area contributed by atoms with Gasteiger partial charge in [0.25, 0.3) is 0 Å². The van der Waals surface area contributed by atoms with E-state index in [2.05, 4.69) is 10.6 Å². The van der Waals surface area contributed by atoms with Gasteiger partial charge in [0.1, 0.15) is 6.10 Å². The third kappa shape index (κ3) is 4.34. The molecule has 0 aromatic rings. The summed E-state index contributed by atoms with van der Waals surface area (Å²) in [6.45, 7) is 0.938. The Hall–Kier alpha value is -1.93. The molecule has 0 saturated carbocycles. The fourth-order valence-electron chi connectivity index (χ4n) is 1.78. The van der Waals surface area contributed by atoms with E-state index in [9.17, 15) is 24.6 Å². The van der Waals surface area contributed by atoms with E-state index in [1.165, 1.54) is 13.0 Å². The number of nitrogens with one attached hydrogen (secondary N) is 2. The molecule has 0 aromatic heterocycles. The van der Waals surface area contributed by atoms with Crippen LogP contribution in [0.15, 0.2) is 11.6 Å². The van der Waals surface area contributed by atoms with Gasteiger partial charge in [-0.15, -0.1) is 0 Å². The molecule has 8 nitrogen and oxygen atoms in total. The smallest absolute Gasteiger partial charge is 0.247 e. The minimum absolute atomic E-state index is 0.0676. The highest BCUT2D eigenvalue weighted by Gasteiger charge is 2.33. The van der Waals surface area contributed by atoms with Gasteiger partial charge in [0.05, 0.1) is 18.7 Å². The molecule has 3 unspecified atom stereocenters. The van der Waals surface area contributed by atoms with Crippen LogP contribution >= 0.6 is 0 Å². The number of carbonyl (C=O) groups excluding carboxylic acids is 3. The highest BCUT2D eigenvalue weighted by Crippen LogP contribution is 2.19. The topological polar surface area (TPSA) is 142 Å². The van der Waals surface area contributed by atoms with Crippen molar-refractivity contribution in [2.45, 2.75) is 31.6 Å². The Kier molecular flexibility index (Phi) is 5.02. The van der Waals surface area contributed by atoms with E-state index in [0.717, 1.165) is 0 Å². The largest absolute Gasteiger partial charge is 0.390 e. The van der Waals surface area contributed by atoms with Crippen molar-refractivity contribution in [2.75, 3.05) is 6.54 Å². The summed E-state index contributed by atoms with van der Waals surface area (Å²) < 4.78 is 0. The number of primary amides is 1. The third-order valence-electron chi connectivity index (χ3n) is 2.66. The lowest BCUT2D eigenvalue weighted by Gasteiger charge is -2.30. The standard InChI is InChI=1S/C11H17N3O5/c1-5(15)14-7-2-6(3-8(16)10(7)18)11(19)13-4-9(12)17/h2,7-8,10,16,18H,3-4H2,1H3,(H2,12,17)(H,13,19)(H,14,15). The SMILES string of the molecule is CC(=O)NC1C=C(C(=O)NCC(N)=O)CC(O)C1O. The number of hydrogen-bond acceptors (Lipinski definition) is 5. The monoisotopic (exact) mass is 271 g/mol. The molecule has 3 amide bonds. The second-order valence-electron chi connectivity index (χ2n) is 4.33. The van der Waals surface area contributed by atoms with Crippen LogP contribution < -0.4 is 16.4 Å². The van der Waals surface area contributed by atoms with Crippen molar-refractivity contribution in [3.63, 3.8) is 0 Å². The molecule has 0 radical (unpaired) electrons. The van der Waals surface area contributed by atoms with Crippen molar-refractivity contribution in [3.8, 4) is 0 Å². The Morgan fingerprint density at radius 2 is 2.05 bits per heavy atom. The van der Waals surface area contributed by atoms with E-state index in [-0.39, 0.29) is 18.5 Å². The first kappa shape index (κ1) is 15.1. The van der Waals surface area contributed by atoms with E-state index < -0.39 is 36.0 Å². The fourth-order valence-corrected chi connectivity index (χ4v) is 1.78. The number of rotatable bonds is 4. The molecule has 0 aliphatic heterocycles. The van der Waals surface area contributed by atoms with Crippen molar-refractivity contribution in [1.29, 1.82) is 0 Å². The predicted molar refractivity (Wildman–Crippen MR) is 64.5 cm³/mol. The maximum absolute atomic E-state index is 11.7. The first-order chi connectivity index (χ1) is 8.81. The molecule has 0 saturated heterocycles. The minimum atomic E-state index is -1.18. The third-order valence-corrected chi connectivity index (χ3v) is 2.66. The van der Waals surface area contributed by atoms with Crippen LogP contribution in [0.5, 0.6) is 0 Å². The summed E-state index contributed by atoms with van der Waals surface area (Å²) in [7, 11) is 0. The number of nitrogens with two attached hydrogens (primary N) is 1. The summed E-state index contributed by atoms with van der Waals surface area (Å²) in [5, 5.41) is 24.0. The maximum atomic E-state index is 11.7. The summed E-state index contributed by atoms with van der Waals surface area (Å²) in [4.78, 5) is 33.2. The Morgan fingerprint density at radius 3 is 2.58 bits per heavy atom. The van der Waals surface area contributed by atoms with Crippen molar-refractivity contribution in [3.05, 3.63) is 11.6 Å². The van der Waals surface area contributed by atoms with Gasteiger partial charge in [0.2, 0.25) is 17.7 Å². The lowest BCUT2D eigenvalue weighted by molar-refractivity contribution is -0.123. The summed E-state index contributed by atoms with van der Waals surface area (Å²) in [6, 6.07) is -0.851. The van der Waals surface area contributed by atoms with E-state index in [4.69, 9.17) is 5.73 Å². The summed E-state index contributed by atoms with van der Waals surface area (Å²) >= 11 is 0. The van der Waals surface area contributed by atoms with Gasteiger partial charge in [-0.3, -0.25) is 14.4 Å². The number of aliphatic hydroxyl groups excluding tert-OH is 2. The van der Waals surface area contributed by atoms with Gasteiger partial charge in [0.15, 0.2) is 0 Å². The van der Waals surface area contributed by atoms with Gasteiger partial charge < -0.3 is 26.6 Å². The van der Waals surface area contributed by atoms with Gasteiger partial charge >= 0.3 is 0 Å². The average Bonchev–Trinajstić information content (AvgIpc) is 2.31. The molecule has 1 aliphatic rings. The molecular formula is C11H17N3O5. The van der Waals surface area contributed by atoms with Crippen LogP contribution in [0.3, 0.4) is 0 Å². The quantitative estimate of drug-likeness (QED) is 0.374. The lowest BCUT2D eigenvalue weighted by atomic mass is 9.90. The van der Waals surface area contributed by atoms with Gasteiger partial charge in [-0.2, -0.15) is 0 Å². The molecule has 1 rings (SSSR count). The zero-order valence-corrected chi connectivity index (χ0v) is 10.4. The average molecular weight is 271 g/mol. The second-order valence-corrected chi connectivity index (χ2v) is 4.33. The summed E-state index contributed by atoms with van der Waals surface area (Å²) in [5.41, 5.74) is 5.07. The number of carbonyl (C=O) groups is 3. The minimum Gasteiger partial charge on any atom is -0.390 e. The van der Waals surface area contributed by atoms with Crippen molar-refractivity contribution >= 4 is 17.7 Å². The van der Waals surface area contributed by atoms with Gasteiger partial charge in [-0.25, -0.2) is 0 Å². The van der Waals surface area contributed by atoms with Crippen LogP contribution in [-0.2, 0) is 14.4 Å². The molecule has 0 heterocycles. The molecule has 19 heavy (non-hydrogen) atoms. The Bertz CT molecular complexity index is 421. The van der Waals surface area contributed by atoms with Crippen LogP contribution in [0, 0.1) is 0 Å². The van der Waals surface area contributed by atoms with E-state index in [0.29, 0.717) is 0 Å². The molecule has 8 heteroatoms. The zero-order chi connectivity index (χ0) is 14.6. The molecule has 3 atom stereocenters. The Morgan fingerprint density at radius 1 is 1.42 bits per heavy atom. The first-order valence-electron chi connectivity index (χ1n) is 5.71. The first-order valence-corrected chi connectivity index (χ1v) is 5.71. The van der Waals surface area contributed by atoms with Crippen LogP contribution in [0.2, 0.25) is 0 Å². The van der Waals surface area contributed by atoms with Crippen molar-refractivity contribution < 1.29 is 24.6 Å². The molecule has 0 aromatic carbocycles. The molecule has 0 spiro atoms. The van der Waals surface area contributed by atoms with Gasteiger partial charge in [-0.1, -0.05) is 6.08 Å². The molecule has 106 valence electrons. The highest BCUT2D eigenvalue weighted by atomic mass is 16.3. The molecule has 6 N–H and O–H groups in total. The number of aliphatic hydroxyl groups is 2. The maximum Gasteiger partial charge on any atom is 0.247 e. The van der Waals surface area contributed by atoms with E-state index >= 15 is 0 Å². The molecule has 0 bridgehead atoms. The van der Waals surface area contributed by atoms with E-state index in [1.54, 1.807) is 0 Å². The Balaban J connectivity index is 2.78. The van der Waals surface area contributed by atoms with Crippen molar-refractivity contribution in [1.82, 2.24) is 10.6 Å². The van der Waals surface area contributed by atoms with Gasteiger partial charge in [-0.05, 0) is 0 Å². The van der Waals surface area contributed by atoms with Crippen molar-refractivity contribution in [2.24, 2.45) is 5.73 Å². The van der Waals surface area contributed by atoms with E-state index in [1.807, 2.05) is 0 Å². The number of amides is 3. The van der Waals surface area contributed by atoms with Gasteiger partial charge in [0, 0.05) is 18.9 Å². The Labute approximate surface area is 109 Å². The summed E-state index contributed by atoms with van der Waals surface area (Å²) in [5.74, 6) is -1.66. The molecular weight excluding hydrogens is 254 g/mol. The normalized spacial score (nSPS) is 26.3.